The molecule has 1 aliphatic heterocycles. The number of anilines is 1. The summed E-state index contributed by atoms with van der Waals surface area (Å²) >= 11 is 0. The van der Waals surface area contributed by atoms with Crippen LogP contribution in [0, 0.1) is 0 Å². The summed E-state index contributed by atoms with van der Waals surface area (Å²) in [6.07, 6.45) is 1.64. The van der Waals surface area contributed by atoms with Crippen LogP contribution in [0.1, 0.15) is 13.8 Å². The summed E-state index contributed by atoms with van der Waals surface area (Å²) in [5.41, 5.74) is 5.42. The quantitative estimate of drug-likeness (QED) is 0.781. The number of carbonyl (C=O) groups excluding carboxylic acids is 1. The Kier molecular flexibility index (Phi) is 2.42. The van der Waals surface area contributed by atoms with E-state index >= 15 is 0 Å². The Hall–Kier alpha value is -1.57. The van der Waals surface area contributed by atoms with Crippen molar-refractivity contribution in [3.05, 3.63) is 12.3 Å². The zero-order valence-corrected chi connectivity index (χ0v) is 10.4. The van der Waals surface area contributed by atoms with Crippen LogP contribution in [0.25, 0.3) is 0 Å². The minimum Gasteiger partial charge on any atom is -0.382 e. The van der Waals surface area contributed by atoms with E-state index in [0.717, 1.165) is 4.31 Å². The van der Waals surface area contributed by atoms with Crippen LogP contribution in [0.3, 0.4) is 0 Å². The first kappa shape index (κ1) is 11.9. The third-order valence-electron chi connectivity index (χ3n) is 2.87. The molecule has 1 saturated heterocycles. The maximum atomic E-state index is 11.8. The maximum absolute atomic E-state index is 11.8. The number of nitrogen functional groups attached to an aromatic ring is 1. The number of nitrogens with two attached hydrogens (primary N) is 1. The monoisotopic (exact) mass is 258 g/mol. The first-order valence-electron chi connectivity index (χ1n) is 5.12. The molecule has 1 aromatic heterocycles. The number of sulfonamides is 1. The van der Waals surface area contributed by atoms with Crippen LogP contribution < -0.4 is 5.73 Å². The highest BCUT2D eigenvalue weighted by atomic mass is 32.2. The van der Waals surface area contributed by atoms with Gasteiger partial charge in [-0.25, -0.2) is 12.7 Å². The van der Waals surface area contributed by atoms with Crippen molar-refractivity contribution < 1.29 is 13.2 Å². The van der Waals surface area contributed by atoms with Gasteiger partial charge in [0.1, 0.15) is 5.82 Å². The molecule has 0 aliphatic carbocycles. The summed E-state index contributed by atoms with van der Waals surface area (Å²) in [5, 5.41) is 3.91. The van der Waals surface area contributed by atoms with Gasteiger partial charge in [-0.3, -0.25) is 9.48 Å². The molecule has 2 rings (SSSR count). The lowest BCUT2D eigenvalue weighted by Crippen LogP contribution is -2.67. The Morgan fingerprint density at radius 2 is 2.06 bits per heavy atom. The summed E-state index contributed by atoms with van der Waals surface area (Å²) in [4.78, 5) is 11.6. The largest absolute Gasteiger partial charge is 0.382 e. The highest BCUT2D eigenvalue weighted by molar-refractivity contribution is 7.94. The van der Waals surface area contributed by atoms with Crippen LogP contribution in [-0.4, -0.2) is 39.7 Å². The molecule has 0 spiro atoms. The molecule has 0 aromatic carbocycles. The molecule has 0 bridgehead atoms. The Labute approximate surface area is 99.2 Å². The topological polar surface area (TPSA) is 98.3 Å². The van der Waals surface area contributed by atoms with Crippen LogP contribution in [-0.2, 0) is 21.4 Å². The molecule has 1 fully saturated rings. The van der Waals surface area contributed by atoms with Crippen molar-refractivity contribution in [3.63, 3.8) is 0 Å². The molecular weight excluding hydrogens is 244 g/mol. The van der Waals surface area contributed by atoms with E-state index in [1.807, 2.05) is 0 Å². The van der Waals surface area contributed by atoms with E-state index in [-0.39, 0.29) is 12.5 Å². The van der Waals surface area contributed by atoms with E-state index in [0.29, 0.717) is 12.4 Å². The Bertz CT molecular complexity index is 561. The van der Waals surface area contributed by atoms with Crippen molar-refractivity contribution in [2.45, 2.75) is 25.1 Å². The summed E-state index contributed by atoms with van der Waals surface area (Å²) in [6.45, 7) is 3.21. The molecule has 0 atom stereocenters. The third kappa shape index (κ3) is 1.59. The SMILES string of the molecule is CC1(C)C(=O)N(CCn2ccc(N)n2)S1(=O)=O. The maximum Gasteiger partial charge on any atom is 0.258 e. The summed E-state index contributed by atoms with van der Waals surface area (Å²) in [6, 6.07) is 1.61. The highest BCUT2D eigenvalue weighted by Crippen LogP contribution is 2.34. The normalized spacial score (nSPS) is 21.3. The first-order chi connectivity index (χ1) is 7.76. The lowest BCUT2D eigenvalue weighted by molar-refractivity contribution is -0.132. The Morgan fingerprint density at radius 3 is 2.53 bits per heavy atom. The lowest BCUT2D eigenvalue weighted by Gasteiger charge is -2.42. The molecule has 2 heterocycles. The minimum atomic E-state index is -3.50. The minimum absolute atomic E-state index is 0.0890. The average molecular weight is 258 g/mol. The fourth-order valence-corrected chi connectivity index (χ4v) is 3.19. The van der Waals surface area contributed by atoms with Crippen molar-refractivity contribution in [2.24, 2.45) is 0 Å². The third-order valence-corrected chi connectivity index (χ3v) is 5.26. The van der Waals surface area contributed by atoms with Crippen LogP contribution in [0.4, 0.5) is 5.82 Å². The van der Waals surface area contributed by atoms with Crippen molar-refractivity contribution in [2.75, 3.05) is 12.3 Å². The Morgan fingerprint density at radius 1 is 1.41 bits per heavy atom. The fraction of sp³-hybridized carbons (Fsp3) is 0.556. The zero-order chi connectivity index (χ0) is 12.8. The van der Waals surface area contributed by atoms with Gasteiger partial charge >= 0.3 is 0 Å². The van der Waals surface area contributed by atoms with Gasteiger partial charge < -0.3 is 5.73 Å². The van der Waals surface area contributed by atoms with Crippen molar-refractivity contribution in [1.29, 1.82) is 0 Å². The van der Waals surface area contributed by atoms with Gasteiger partial charge in [0.25, 0.3) is 15.9 Å². The molecule has 17 heavy (non-hydrogen) atoms. The van der Waals surface area contributed by atoms with Crippen LogP contribution in [0.2, 0.25) is 0 Å². The molecule has 1 amide bonds. The molecule has 1 aromatic rings. The molecule has 0 saturated carbocycles. The standard InChI is InChI=1S/C9H14N4O3S/c1-9(2)8(14)13(17(9,15)16)6-5-12-4-3-7(10)11-12/h3-4H,5-6H2,1-2H3,(H2,10,11). The molecule has 1 aliphatic rings. The number of amides is 1. The van der Waals surface area contributed by atoms with Crippen molar-refractivity contribution >= 4 is 21.7 Å². The predicted octanol–water partition coefficient (Wildman–Crippen LogP) is -0.584. The number of nitrogens with zero attached hydrogens (tertiary/aromatic N) is 3. The smallest absolute Gasteiger partial charge is 0.258 e. The van der Waals surface area contributed by atoms with Crippen LogP contribution >= 0.6 is 0 Å². The second-order valence-electron chi connectivity index (χ2n) is 4.40. The van der Waals surface area contributed by atoms with Crippen molar-refractivity contribution in [1.82, 2.24) is 14.1 Å². The molecule has 94 valence electrons. The number of rotatable bonds is 3. The van der Waals surface area contributed by atoms with Crippen LogP contribution in [0.15, 0.2) is 12.3 Å². The molecule has 2 N–H and O–H groups in total. The highest BCUT2D eigenvalue weighted by Gasteiger charge is 2.59. The van der Waals surface area contributed by atoms with Crippen molar-refractivity contribution in [3.8, 4) is 0 Å². The Balaban J connectivity index is 2.05. The van der Waals surface area contributed by atoms with E-state index in [2.05, 4.69) is 5.10 Å². The molecule has 0 radical (unpaired) electrons. The summed E-state index contributed by atoms with van der Waals surface area (Å²) in [5.74, 6) is -0.0132. The van der Waals surface area contributed by atoms with E-state index < -0.39 is 14.8 Å². The van der Waals surface area contributed by atoms with Crippen LogP contribution in [0.5, 0.6) is 0 Å². The summed E-state index contributed by atoms with van der Waals surface area (Å²) < 4.78 is 24.6. The van der Waals surface area contributed by atoms with E-state index in [4.69, 9.17) is 5.73 Å². The van der Waals surface area contributed by atoms with Gasteiger partial charge in [0.2, 0.25) is 0 Å². The van der Waals surface area contributed by atoms with Gasteiger partial charge in [0.15, 0.2) is 4.75 Å². The second kappa shape index (κ2) is 3.46. The number of aromatic nitrogens is 2. The van der Waals surface area contributed by atoms with E-state index in [9.17, 15) is 13.2 Å². The summed E-state index contributed by atoms with van der Waals surface area (Å²) in [7, 11) is -3.50. The zero-order valence-electron chi connectivity index (χ0n) is 9.62. The molecular formula is C9H14N4O3S. The number of hydrogen-bond acceptors (Lipinski definition) is 5. The van der Waals surface area contributed by atoms with E-state index in [1.54, 1.807) is 12.3 Å². The average Bonchev–Trinajstić information content (AvgIpc) is 2.63. The lowest BCUT2D eigenvalue weighted by atomic mass is 10.2. The number of hydrogen-bond donors (Lipinski definition) is 1. The fourth-order valence-electron chi connectivity index (χ4n) is 1.67. The molecule has 0 unspecified atom stereocenters. The molecule has 8 heteroatoms. The number of carbonyl (C=O) groups is 1. The van der Waals surface area contributed by atoms with Gasteiger partial charge in [-0.05, 0) is 19.9 Å². The van der Waals surface area contributed by atoms with E-state index in [1.165, 1.54) is 18.5 Å². The molecule has 7 nitrogen and oxygen atoms in total. The van der Waals surface area contributed by atoms with Gasteiger partial charge in [0, 0.05) is 6.20 Å². The van der Waals surface area contributed by atoms with Gasteiger partial charge in [0.05, 0.1) is 13.1 Å². The van der Waals surface area contributed by atoms with Gasteiger partial charge in [-0.2, -0.15) is 5.10 Å². The second-order valence-corrected chi connectivity index (χ2v) is 6.81. The van der Waals surface area contributed by atoms with Gasteiger partial charge in [-0.15, -0.1) is 0 Å². The van der Waals surface area contributed by atoms with Gasteiger partial charge in [-0.1, -0.05) is 0 Å². The first-order valence-corrected chi connectivity index (χ1v) is 6.56. The predicted molar refractivity (Wildman–Crippen MR) is 61.4 cm³/mol.